The van der Waals surface area contributed by atoms with Gasteiger partial charge in [-0.25, -0.2) is 9.97 Å². The lowest BCUT2D eigenvalue weighted by Crippen LogP contribution is -2.29. The normalized spacial score (nSPS) is 14.4. The van der Waals surface area contributed by atoms with Crippen molar-refractivity contribution in [3.63, 3.8) is 0 Å². The molecule has 2 heterocycles. The topological polar surface area (TPSA) is 79.4 Å². The highest BCUT2D eigenvalue weighted by Gasteiger charge is 2.14. The average Bonchev–Trinajstić information content (AvgIpc) is 3.03. The molecule has 4 rings (SSSR count). The molecule has 0 atom stereocenters. The van der Waals surface area contributed by atoms with E-state index in [0.717, 1.165) is 55.1 Å². The highest BCUT2D eigenvalue weighted by Crippen LogP contribution is 2.23. The van der Waals surface area contributed by atoms with Gasteiger partial charge in [-0.1, -0.05) is 11.6 Å². The molecule has 2 aromatic carbocycles. The summed E-state index contributed by atoms with van der Waals surface area (Å²) in [5.74, 6) is 1.11. The van der Waals surface area contributed by atoms with E-state index in [0.29, 0.717) is 16.5 Å². The summed E-state index contributed by atoms with van der Waals surface area (Å²) in [5.41, 5.74) is 2.44. The third-order valence-corrected chi connectivity index (χ3v) is 5.22. The number of nitrogens with one attached hydrogen (secondary N) is 2. The predicted molar refractivity (Wildman–Crippen MR) is 120 cm³/mol. The molecule has 0 unspecified atom stereocenters. The molecule has 1 amide bonds. The summed E-state index contributed by atoms with van der Waals surface area (Å²) < 4.78 is 5.49. The molecule has 3 aromatic rings. The Hall–Kier alpha value is -2.90. The fourth-order valence-electron chi connectivity index (χ4n) is 3.41. The van der Waals surface area contributed by atoms with E-state index in [1.54, 1.807) is 24.3 Å². The molecule has 0 aliphatic carbocycles. The van der Waals surface area contributed by atoms with Gasteiger partial charge in [-0.3, -0.25) is 4.79 Å². The molecule has 156 valence electrons. The lowest BCUT2D eigenvalue weighted by atomic mass is 10.1. The molecule has 0 radical (unpaired) electrons. The molecule has 0 bridgehead atoms. The summed E-state index contributed by atoms with van der Waals surface area (Å²) in [7, 11) is 0. The van der Waals surface area contributed by atoms with Crippen molar-refractivity contribution < 1.29 is 9.53 Å². The minimum Gasteiger partial charge on any atom is -0.484 e. The van der Waals surface area contributed by atoms with Crippen molar-refractivity contribution in [2.45, 2.75) is 13.3 Å². The third kappa shape index (κ3) is 4.98. The number of fused-ring (bicyclic) bond motifs is 1. The Morgan fingerprint density at radius 2 is 2.00 bits per heavy atom. The molecular weight excluding hydrogens is 402 g/mol. The van der Waals surface area contributed by atoms with Crippen LogP contribution in [0.3, 0.4) is 0 Å². The first-order chi connectivity index (χ1) is 14.6. The van der Waals surface area contributed by atoms with Gasteiger partial charge in [-0.15, -0.1) is 0 Å². The van der Waals surface area contributed by atoms with Crippen LogP contribution >= 0.6 is 11.6 Å². The number of hydrogen-bond donors (Lipinski definition) is 2. The van der Waals surface area contributed by atoms with E-state index in [9.17, 15) is 4.79 Å². The number of halogens is 1. The fourth-order valence-corrected chi connectivity index (χ4v) is 3.53. The number of anilines is 2. The van der Waals surface area contributed by atoms with Crippen molar-refractivity contribution in [2.24, 2.45) is 0 Å². The van der Waals surface area contributed by atoms with Crippen molar-refractivity contribution in [3.8, 4) is 5.75 Å². The van der Waals surface area contributed by atoms with Crippen molar-refractivity contribution in [2.75, 3.05) is 43.0 Å². The van der Waals surface area contributed by atoms with Gasteiger partial charge in [-0.2, -0.15) is 0 Å². The maximum Gasteiger partial charge on any atom is 0.262 e. The summed E-state index contributed by atoms with van der Waals surface area (Å²) in [6, 6.07) is 12.6. The van der Waals surface area contributed by atoms with E-state index in [4.69, 9.17) is 26.3 Å². The zero-order valence-corrected chi connectivity index (χ0v) is 17.6. The second-order valence-corrected chi connectivity index (χ2v) is 7.66. The number of hydrogen-bond acceptors (Lipinski definition) is 6. The Labute approximate surface area is 180 Å². The molecule has 8 heteroatoms. The minimum atomic E-state index is -0.239. The number of benzene rings is 2. The first-order valence-corrected chi connectivity index (χ1v) is 10.4. The molecule has 1 aliphatic heterocycles. The van der Waals surface area contributed by atoms with E-state index in [2.05, 4.69) is 15.5 Å². The Balaban J connectivity index is 1.44. The summed E-state index contributed by atoms with van der Waals surface area (Å²) in [5, 5.41) is 7.80. The number of carbonyl (C=O) groups is 1. The molecule has 1 aliphatic rings. The van der Waals surface area contributed by atoms with Crippen LogP contribution in [-0.4, -0.2) is 48.7 Å². The van der Waals surface area contributed by atoms with E-state index in [1.807, 2.05) is 25.1 Å². The van der Waals surface area contributed by atoms with Crippen molar-refractivity contribution in [1.29, 1.82) is 0 Å². The Morgan fingerprint density at radius 3 is 2.83 bits per heavy atom. The lowest BCUT2D eigenvalue weighted by molar-refractivity contribution is -0.118. The van der Waals surface area contributed by atoms with E-state index < -0.39 is 0 Å². The second kappa shape index (κ2) is 9.28. The van der Waals surface area contributed by atoms with Crippen molar-refractivity contribution >= 4 is 40.0 Å². The lowest BCUT2D eigenvalue weighted by Gasteiger charge is -2.20. The number of rotatable bonds is 5. The maximum absolute atomic E-state index is 12.3. The first kappa shape index (κ1) is 20.4. The van der Waals surface area contributed by atoms with Gasteiger partial charge in [0.2, 0.25) is 5.95 Å². The van der Waals surface area contributed by atoms with Gasteiger partial charge in [0.25, 0.3) is 5.91 Å². The van der Waals surface area contributed by atoms with Gasteiger partial charge < -0.3 is 20.3 Å². The Bertz CT molecular complexity index is 1030. The molecule has 0 saturated carbocycles. The quantitative estimate of drug-likeness (QED) is 0.652. The third-order valence-electron chi connectivity index (χ3n) is 4.96. The van der Waals surface area contributed by atoms with Gasteiger partial charge in [0, 0.05) is 35.7 Å². The molecule has 2 N–H and O–H groups in total. The zero-order valence-electron chi connectivity index (χ0n) is 16.8. The molecule has 1 saturated heterocycles. The molecule has 30 heavy (non-hydrogen) atoms. The van der Waals surface area contributed by atoms with Crippen molar-refractivity contribution in [3.05, 3.63) is 53.2 Å². The Morgan fingerprint density at radius 1 is 1.17 bits per heavy atom. The molecule has 1 aromatic heterocycles. The number of nitrogens with zero attached hydrogens (tertiary/aromatic N) is 3. The van der Waals surface area contributed by atoms with E-state index in [-0.39, 0.29) is 12.5 Å². The zero-order chi connectivity index (χ0) is 20.9. The minimum absolute atomic E-state index is 0.0862. The largest absolute Gasteiger partial charge is 0.484 e. The van der Waals surface area contributed by atoms with Gasteiger partial charge in [0.05, 0.1) is 11.2 Å². The predicted octanol–water partition coefficient (Wildman–Crippen LogP) is 3.41. The summed E-state index contributed by atoms with van der Waals surface area (Å²) in [6.45, 7) is 5.68. The summed E-state index contributed by atoms with van der Waals surface area (Å²) >= 11 is 5.85. The van der Waals surface area contributed by atoms with Crippen LogP contribution in [0.2, 0.25) is 5.02 Å². The highest BCUT2D eigenvalue weighted by atomic mass is 35.5. The monoisotopic (exact) mass is 425 g/mol. The van der Waals surface area contributed by atoms with Crippen LogP contribution in [0.1, 0.15) is 12.1 Å². The molecule has 0 spiro atoms. The van der Waals surface area contributed by atoms with Gasteiger partial charge in [0.15, 0.2) is 6.61 Å². The second-order valence-electron chi connectivity index (χ2n) is 7.22. The van der Waals surface area contributed by atoms with Gasteiger partial charge in [0.1, 0.15) is 5.75 Å². The van der Waals surface area contributed by atoms with E-state index in [1.165, 1.54) is 0 Å². The van der Waals surface area contributed by atoms with Crippen LogP contribution in [0.15, 0.2) is 42.5 Å². The Kier molecular flexibility index (Phi) is 6.30. The molecule has 1 fully saturated rings. The number of aryl methyl sites for hydroxylation is 1. The van der Waals surface area contributed by atoms with Gasteiger partial charge >= 0.3 is 0 Å². The van der Waals surface area contributed by atoms with Crippen LogP contribution in [0.4, 0.5) is 11.6 Å². The number of ether oxygens (including phenoxy) is 1. The van der Waals surface area contributed by atoms with Crippen LogP contribution in [0.25, 0.3) is 10.9 Å². The molecule has 7 nitrogen and oxygen atoms in total. The molecular formula is C22H24ClN5O2. The standard InChI is InChI=1S/C22H24ClN5O2/c1-15-19-13-17(26-21(29)14-30-18-6-3-16(23)4-7-18)5-8-20(19)27-22(25-15)28-11-2-9-24-10-12-28/h3-8,13,24H,2,9-12,14H2,1H3,(H,26,29). The first-order valence-electron chi connectivity index (χ1n) is 10.0. The summed E-state index contributed by atoms with van der Waals surface area (Å²) in [6.07, 6.45) is 1.07. The number of carbonyl (C=O) groups excluding carboxylic acids is 1. The van der Waals surface area contributed by atoms with E-state index >= 15 is 0 Å². The van der Waals surface area contributed by atoms with Crippen LogP contribution < -0.4 is 20.3 Å². The number of amides is 1. The van der Waals surface area contributed by atoms with Crippen LogP contribution in [-0.2, 0) is 4.79 Å². The van der Waals surface area contributed by atoms with Crippen molar-refractivity contribution in [1.82, 2.24) is 15.3 Å². The fraction of sp³-hybridized carbons (Fsp3) is 0.318. The van der Waals surface area contributed by atoms with Crippen LogP contribution in [0, 0.1) is 6.92 Å². The number of aromatic nitrogens is 2. The SMILES string of the molecule is Cc1nc(N2CCCNCC2)nc2ccc(NC(=O)COc3ccc(Cl)cc3)cc12. The average molecular weight is 426 g/mol. The highest BCUT2D eigenvalue weighted by molar-refractivity contribution is 6.30. The smallest absolute Gasteiger partial charge is 0.262 e. The summed E-state index contributed by atoms with van der Waals surface area (Å²) in [4.78, 5) is 23.9. The van der Waals surface area contributed by atoms with Crippen LogP contribution in [0.5, 0.6) is 5.75 Å². The van der Waals surface area contributed by atoms with Gasteiger partial charge in [-0.05, 0) is 62.4 Å². The maximum atomic E-state index is 12.3.